The highest BCUT2D eigenvalue weighted by atomic mass is 32.2. The van der Waals surface area contributed by atoms with Gasteiger partial charge in [-0.2, -0.15) is 16.7 Å². The van der Waals surface area contributed by atoms with Crippen LogP contribution in [0.4, 0.5) is 16.2 Å². The molecule has 6 heteroatoms. The van der Waals surface area contributed by atoms with E-state index < -0.39 is 0 Å². The fourth-order valence-corrected chi connectivity index (χ4v) is 5.08. The van der Waals surface area contributed by atoms with E-state index in [0.29, 0.717) is 18.0 Å². The van der Waals surface area contributed by atoms with Crippen LogP contribution in [0, 0.1) is 5.82 Å². The van der Waals surface area contributed by atoms with Crippen molar-refractivity contribution in [3.05, 3.63) is 95.8 Å². The highest BCUT2D eigenvalue weighted by Gasteiger charge is 2.19. The maximum atomic E-state index is 14.0. The molecule has 0 spiro atoms. The Kier molecular flexibility index (Phi) is 6.21. The zero-order valence-corrected chi connectivity index (χ0v) is 18.6. The summed E-state index contributed by atoms with van der Waals surface area (Å²) in [6.45, 7) is 2.51. The lowest BCUT2D eigenvalue weighted by Gasteiger charge is -2.28. The largest absolute Gasteiger partial charge is 0.354 e. The van der Waals surface area contributed by atoms with Gasteiger partial charge in [-0.05, 0) is 23.3 Å². The molecule has 1 saturated heterocycles. The Hall–Kier alpha value is -3.12. The highest BCUT2D eigenvalue weighted by Crippen LogP contribution is 2.29. The summed E-state index contributed by atoms with van der Waals surface area (Å²) in [7, 11) is 0. The summed E-state index contributed by atoms with van der Waals surface area (Å²) < 4.78 is 14.0. The molecule has 4 nitrogen and oxygen atoms in total. The summed E-state index contributed by atoms with van der Waals surface area (Å²) in [4.78, 5) is 11.8. The minimum atomic E-state index is -0.284. The molecular formula is C26H25FN4S. The molecule has 5 rings (SSSR count). The van der Waals surface area contributed by atoms with E-state index in [1.54, 1.807) is 6.07 Å². The molecule has 32 heavy (non-hydrogen) atoms. The Morgan fingerprint density at radius 1 is 0.875 bits per heavy atom. The number of thioether (sulfide) groups is 1. The van der Waals surface area contributed by atoms with Crippen molar-refractivity contribution in [3.8, 4) is 0 Å². The van der Waals surface area contributed by atoms with E-state index in [-0.39, 0.29) is 11.7 Å². The van der Waals surface area contributed by atoms with Gasteiger partial charge in [-0.25, -0.2) is 9.37 Å². The Morgan fingerprint density at radius 3 is 2.19 bits per heavy atom. The summed E-state index contributed by atoms with van der Waals surface area (Å²) in [5, 5.41) is 4.35. The van der Waals surface area contributed by atoms with E-state index in [2.05, 4.69) is 63.7 Å². The van der Waals surface area contributed by atoms with E-state index in [9.17, 15) is 4.39 Å². The standard InChI is InChI=1S/C26H25FN4S/c27-21-11-12-22-24(17-21)29-26(30-25(22)31-13-15-32-16-14-31)28-18-23(19-7-3-1-4-8-19)20-9-5-2-6-10-20/h1-12,17,23H,13-16,18H2,(H,28,29,30). The molecule has 0 bridgehead atoms. The van der Waals surface area contributed by atoms with Gasteiger partial charge in [0.15, 0.2) is 0 Å². The number of rotatable bonds is 6. The Bertz CT molecular complexity index is 1140. The van der Waals surface area contributed by atoms with Gasteiger partial charge in [-0.3, -0.25) is 0 Å². The van der Waals surface area contributed by atoms with Gasteiger partial charge in [0.2, 0.25) is 5.95 Å². The fourth-order valence-electron chi connectivity index (χ4n) is 4.17. The smallest absolute Gasteiger partial charge is 0.225 e. The topological polar surface area (TPSA) is 41.1 Å². The normalized spacial score (nSPS) is 14.1. The van der Waals surface area contributed by atoms with Crippen LogP contribution in [-0.4, -0.2) is 41.1 Å². The average Bonchev–Trinajstić information content (AvgIpc) is 2.85. The number of nitrogens with zero attached hydrogens (tertiary/aromatic N) is 3. The van der Waals surface area contributed by atoms with Crippen molar-refractivity contribution < 1.29 is 4.39 Å². The second-order valence-corrected chi connectivity index (χ2v) is 9.11. The van der Waals surface area contributed by atoms with E-state index in [4.69, 9.17) is 4.98 Å². The third kappa shape index (κ3) is 4.55. The van der Waals surface area contributed by atoms with Gasteiger partial charge in [0.1, 0.15) is 11.6 Å². The van der Waals surface area contributed by atoms with Gasteiger partial charge in [-0.1, -0.05) is 60.7 Å². The molecular weight excluding hydrogens is 419 g/mol. The molecule has 2 heterocycles. The molecule has 162 valence electrons. The molecule has 0 radical (unpaired) electrons. The van der Waals surface area contributed by atoms with Crippen molar-refractivity contribution in [1.29, 1.82) is 0 Å². The van der Waals surface area contributed by atoms with Gasteiger partial charge < -0.3 is 10.2 Å². The Balaban J connectivity index is 1.48. The number of benzene rings is 3. The van der Waals surface area contributed by atoms with E-state index in [1.807, 2.05) is 23.9 Å². The highest BCUT2D eigenvalue weighted by molar-refractivity contribution is 7.99. The van der Waals surface area contributed by atoms with Gasteiger partial charge in [0.05, 0.1) is 5.52 Å². The molecule has 0 atom stereocenters. The number of anilines is 2. The van der Waals surface area contributed by atoms with Crippen molar-refractivity contribution in [2.24, 2.45) is 0 Å². The molecule has 1 aromatic heterocycles. The number of hydrogen-bond acceptors (Lipinski definition) is 5. The van der Waals surface area contributed by atoms with Gasteiger partial charge in [0.25, 0.3) is 0 Å². The molecule has 1 aliphatic rings. The molecule has 0 amide bonds. The van der Waals surface area contributed by atoms with E-state index >= 15 is 0 Å². The Morgan fingerprint density at radius 2 is 1.53 bits per heavy atom. The number of fused-ring (bicyclic) bond motifs is 1. The first-order valence-electron chi connectivity index (χ1n) is 10.9. The first-order chi connectivity index (χ1) is 15.8. The molecule has 1 N–H and O–H groups in total. The lowest BCUT2D eigenvalue weighted by Crippen LogP contribution is -2.33. The van der Waals surface area contributed by atoms with Crippen LogP contribution < -0.4 is 10.2 Å². The third-order valence-electron chi connectivity index (χ3n) is 5.82. The molecule has 1 aliphatic heterocycles. The van der Waals surface area contributed by atoms with Crippen molar-refractivity contribution in [2.75, 3.05) is 41.4 Å². The first kappa shape index (κ1) is 20.8. The van der Waals surface area contributed by atoms with Gasteiger partial charge in [0, 0.05) is 48.5 Å². The second kappa shape index (κ2) is 9.57. The van der Waals surface area contributed by atoms with Crippen molar-refractivity contribution >= 4 is 34.4 Å². The van der Waals surface area contributed by atoms with Gasteiger partial charge >= 0.3 is 0 Å². The summed E-state index contributed by atoms with van der Waals surface area (Å²) in [6.07, 6.45) is 0. The quantitative estimate of drug-likeness (QED) is 0.421. The maximum Gasteiger partial charge on any atom is 0.225 e. The monoisotopic (exact) mass is 444 g/mol. The summed E-state index contributed by atoms with van der Waals surface area (Å²) in [5.74, 6) is 3.42. The zero-order chi connectivity index (χ0) is 21.8. The van der Waals surface area contributed by atoms with Crippen LogP contribution in [0.2, 0.25) is 0 Å². The van der Waals surface area contributed by atoms with Crippen molar-refractivity contribution in [1.82, 2.24) is 9.97 Å². The fraction of sp³-hybridized carbons (Fsp3) is 0.231. The average molecular weight is 445 g/mol. The third-order valence-corrected chi connectivity index (χ3v) is 6.76. The lowest BCUT2D eigenvalue weighted by molar-refractivity contribution is 0.629. The molecule has 3 aromatic carbocycles. The van der Waals surface area contributed by atoms with Crippen LogP contribution in [-0.2, 0) is 0 Å². The molecule has 1 fully saturated rings. The van der Waals surface area contributed by atoms with E-state index in [1.165, 1.54) is 23.3 Å². The van der Waals surface area contributed by atoms with Crippen LogP contribution >= 0.6 is 11.8 Å². The van der Waals surface area contributed by atoms with Crippen LogP contribution in [0.1, 0.15) is 17.0 Å². The van der Waals surface area contributed by atoms with Crippen molar-refractivity contribution in [2.45, 2.75) is 5.92 Å². The predicted molar refractivity (Wildman–Crippen MR) is 132 cm³/mol. The lowest BCUT2D eigenvalue weighted by atomic mass is 9.91. The first-order valence-corrected chi connectivity index (χ1v) is 12.1. The molecule has 4 aromatic rings. The Labute approximate surface area is 191 Å². The molecule has 0 unspecified atom stereocenters. The van der Waals surface area contributed by atoms with Crippen molar-refractivity contribution in [3.63, 3.8) is 0 Å². The van der Waals surface area contributed by atoms with E-state index in [0.717, 1.165) is 35.8 Å². The minimum Gasteiger partial charge on any atom is -0.354 e. The number of halogens is 1. The summed E-state index contributed by atoms with van der Waals surface area (Å²) in [5.41, 5.74) is 3.09. The summed E-state index contributed by atoms with van der Waals surface area (Å²) >= 11 is 1.95. The van der Waals surface area contributed by atoms with Crippen LogP contribution in [0.25, 0.3) is 10.9 Å². The predicted octanol–water partition coefficient (Wildman–Crippen LogP) is 5.57. The molecule has 0 saturated carbocycles. The minimum absolute atomic E-state index is 0.152. The van der Waals surface area contributed by atoms with Crippen LogP contribution in [0.5, 0.6) is 0 Å². The maximum absolute atomic E-state index is 14.0. The van der Waals surface area contributed by atoms with Gasteiger partial charge in [-0.15, -0.1) is 0 Å². The second-order valence-electron chi connectivity index (χ2n) is 7.89. The number of hydrogen-bond donors (Lipinski definition) is 1. The number of nitrogens with one attached hydrogen (secondary N) is 1. The SMILES string of the molecule is Fc1ccc2c(N3CCSCC3)nc(NCC(c3ccccc3)c3ccccc3)nc2c1. The van der Waals surface area contributed by atoms with Crippen LogP contribution in [0.3, 0.4) is 0 Å². The van der Waals surface area contributed by atoms with Crippen LogP contribution in [0.15, 0.2) is 78.9 Å². The summed E-state index contributed by atoms with van der Waals surface area (Å²) in [6, 6.07) is 25.7. The zero-order valence-electron chi connectivity index (χ0n) is 17.7. The molecule has 0 aliphatic carbocycles. The number of aromatic nitrogens is 2.